The molecule has 0 radical (unpaired) electrons. The van der Waals surface area contributed by atoms with Crippen molar-refractivity contribution in [2.45, 2.75) is 51.4 Å². The van der Waals surface area contributed by atoms with Crippen LogP contribution in [0, 0.1) is 24.6 Å². The van der Waals surface area contributed by atoms with Crippen molar-refractivity contribution in [3.8, 4) is 18.6 Å². The Morgan fingerprint density at radius 1 is 1.11 bits per heavy atom. The standard InChI is InChI=1S/C21H22BrFN2O2.C4H9NS.C2H2/c1-12(26)25-6-4-13(5-7-25)20-19-14(9-17(27)10-18(19)22)2-3-15-8-16(23)11-24-21(15)20;6-5-3-1-2-4-5;1-2/h8-11,13,20,27H,2-7H2,1H3;6H,1-4H2;1-2H. The molecule has 1 N–H and O–H groups in total. The monoisotopic (exact) mass is 561 g/mol. The van der Waals surface area contributed by atoms with Crippen LogP contribution in [0.1, 0.15) is 60.9 Å². The second-order valence-electron chi connectivity index (χ2n) is 9.18. The van der Waals surface area contributed by atoms with Gasteiger partial charge in [-0.05, 0) is 79.3 Å². The number of phenolic OH excluding ortho intramolecular Hbond substituents is 1. The molecule has 2 aromatic rings. The lowest BCUT2D eigenvalue weighted by atomic mass is 9.76. The quantitative estimate of drug-likeness (QED) is 0.364. The molecule has 0 spiro atoms. The van der Waals surface area contributed by atoms with Crippen LogP contribution in [0.3, 0.4) is 0 Å². The fraction of sp³-hybridized carbons (Fsp3) is 0.481. The number of nitrogens with zero attached hydrogens (tertiary/aromatic N) is 3. The lowest BCUT2D eigenvalue weighted by Crippen LogP contribution is -2.39. The van der Waals surface area contributed by atoms with Gasteiger partial charge in [0.15, 0.2) is 0 Å². The lowest BCUT2D eigenvalue weighted by molar-refractivity contribution is -0.130. The molecule has 1 atom stereocenters. The lowest BCUT2D eigenvalue weighted by Gasteiger charge is -2.36. The number of phenols is 1. The second-order valence-corrected chi connectivity index (χ2v) is 10.6. The molecule has 3 heterocycles. The van der Waals surface area contributed by atoms with Gasteiger partial charge in [-0.2, -0.15) is 0 Å². The number of fused-ring (bicyclic) bond motifs is 2. The number of aromatic hydroxyl groups is 1. The Kier molecular flexibility index (Phi) is 10.0. The molecule has 1 amide bonds. The molecule has 5 nitrogen and oxygen atoms in total. The first kappa shape index (κ1) is 27.5. The minimum atomic E-state index is -0.313. The molecule has 188 valence electrons. The third kappa shape index (κ3) is 6.78. The summed E-state index contributed by atoms with van der Waals surface area (Å²) in [4.78, 5) is 18.1. The highest BCUT2D eigenvalue weighted by atomic mass is 79.9. The van der Waals surface area contributed by atoms with Crippen LogP contribution in [0.5, 0.6) is 5.75 Å². The Bertz CT molecular complexity index is 1050. The van der Waals surface area contributed by atoms with E-state index in [2.05, 4.69) is 50.9 Å². The SMILES string of the molecule is C#C.CC(=O)N1CCC(C2c3ncc(F)cc3CCc3cc(O)cc(Br)c32)CC1.SN1CCCC1. The topological polar surface area (TPSA) is 56.7 Å². The summed E-state index contributed by atoms with van der Waals surface area (Å²) in [6, 6.07) is 5.14. The van der Waals surface area contributed by atoms with E-state index in [1.165, 1.54) is 32.1 Å². The first-order valence-corrected chi connectivity index (χ1v) is 13.2. The zero-order valence-corrected chi connectivity index (χ0v) is 22.6. The highest BCUT2D eigenvalue weighted by molar-refractivity contribution is 9.10. The van der Waals surface area contributed by atoms with Crippen LogP contribution in [-0.2, 0) is 17.6 Å². The Labute approximate surface area is 221 Å². The van der Waals surface area contributed by atoms with Crippen molar-refractivity contribution in [2.24, 2.45) is 5.92 Å². The zero-order chi connectivity index (χ0) is 25.5. The van der Waals surface area contributed by atoms with Crippen LogP contribution in [-0.4, -0.2) is 51.4 Å². The summed E-state index contributed by atoms with van der Waals surface area (Å²) in [5.41, 5.74) is 4.10. The van der Waals surface area contributed by atoms with Crippen molar-refractivity contribution in [3.63, 3.8) is 0 Å². The van der Waals surface area contributed by atoms with E-state index in [0.29, 0.717) is 12.3 Å². The van der Waals surface area contributed by atoms with E-state index in [1.807, 2.05) is 11.0 Å². The number of hydrogen-bond donors (Lipinski definition) is 2. The minimum Gasteiger partial charge on any atom is -0.508 e. The fourth-order valence-corrected chi connectivity index (χ4v) is 6.32. The molecule has 1 unspecified atom stereocenters. The van der Waals surface area contributed by atoms with E-state index in [1.54, 1.807) is 19.1 Å². The molecular formula is C27H33BrFN3O2S. The summed E-state index contributed by atoms with van der Waals surface area (Å²) in [6.07, 6.45) is 15.2. The molecule has 2 saturated heterocycles. The number of benzene rings is 1. The third-order valence-electron chi connectivity index (χ3n) is 6.98. The summed E-state index contributed by atoms with van der Waals surface area (Å²) in [5, 5.41) is 10.1. The van der Waals surface area contributed by atoms with Gasteiger partial charge >= 0.3 is 0 Å². The third-order valence-corrected chi connectivity index (χ3v) is 8.03. The average molecular weight is 563 g/mol. The fourth-order valence-electron chi connectivity index (χ4n) is 5.30. The molecule has 1 aromatic heterocycles. The van der Waals surface area contributed by atoms with E-state index >= 15 is 0 Å². The Hall–Kier alpha value is -2.08. The van der Waals surface area contributed by atoms with Gasteiger partial charge in [0.2, 0.25) is 5.91 Å². The number of aryl methyl sites for hydroxylation is 2. The largest absolute Gasteiger partial charge is 0.508 e. The van der Waals surface area contributed by atoms with Gasteiger partial charge in [-0.1, -0.05) is 28.7 Å². The van der Waals surface area contributed by atoms with Crippen LogP contribution in [0.15, 0.2) is 28.9 Å². The van der Waals surface area contributed by atoms with E-state index in [9.17, 15) is 14.3 Å². The number of rotatable bonds is 1. The number of carbonyl (C=O) groups is 1. The number of aromatic nitrogens is 1. The van der Waals surface area contributed by atoms with Crippen LogP contribution >= 0.6 is 28.7 Å². The number of halogens is 2. The predicted molar refractivity (Wildman–Crippen MR) is 144 cm³/mol. The summed E-state index contributed by atoms with van der Waals surface area (Å²) < 4.78 is 16.8. The number of piperidine rings is 1. The second kappa shape index (κ2) is 12.8. The van der Waals surface area contributed by atoms with Gasteiger partial charge in [-0.25, -0.2) is 4.39 Å². The minimum absolute atomic E-state index is 0.0298. The Morgan fingerprint density at radius 3 is 2.31 bits per heavy atom. The van der Waals surface area contributed by atoms with Crippen molar-refractivity contribution in [1.82, 2.24) is 14.2 Å². The molecule has 2 aliphatic heterocycles. The van der Waals surface area contributed by atoms with Gasteiger partial charge in [0, 0.05) is 43.5 Å². The number of carbonyl (C=O) groups excluding carboxylic acids is 1. The highest BCUT2D eigenvalue weighted by Crippen LogP contribution is 2.46. The maximum atomic E-state index is 13.9. The number of amides is 1. The molecule has 0 bridgehead atoms. The van der Waals surface area contributed by atoms with Crippen molar-refractivity contribution in [2.75, 3.05) is 26.2 Å². The number of thiol groups is 1. The van der Waals surface area contributed by atoms with Gasteiger partial charge in [0.05, 0.1) is 11.9 Å². The van der Waals surface area contributed by atoms with Crippen molar-refractivity contribution in [1.29, 1.82) is 0 Å². The maximum Gasteiger partial charge on any atom is 0.219 e. The van der Waals surface area contributed by atoms with Crippen LogP contribution < -0.4 is 0 Å². The summed E-state index contributed by atoms with van der Waals surface area (Å²) >= 11 is 7.78. The smallest absolute Gasteiger partial charge is 0.219 e. The number of likely N-dealkylation sites (tertiary alicyclic amines) is 1. The molecule has 2 fully saturated rings. The van der Waals surface area contributed by atoms with Crippen molar-refractivity contribution in [3.05, 3.63) is 57.1 Å². The highest BCUT2D eigenvalue weighted by Gasteiger charge is 2.36. The zero-order valence-electron chi connectivity index (χ0n) is 20.1. The molecule has 0 saturated carbocycles. The van der Waals surface area contributed by atoms with E-state index in [0.717, 1.165) is 59.2 Å². The van der Waals surface area contributed by atoms with E-state index in [-0.39, 0.29) is 23.4 Å². The van der Waals surface area contributed by atoms with Gasteiger partial charge in [-0.15, -0.1) is 12.8 Å². The average Bonchev–Trinajstić information content (AvgIpc) is 3.26. The van der Waals surface area contributed by atoms with E-state index in [4.69, 9.17) is 0 Å². The molecule has 1 aromatic carbocycles. The number of terminal acetylenes is 1. The van der Waals surface area contributed by atoms with Gasteiger partial charge < -0.3 is 10.0 Å². The van der Waals surface area contributed by atoms with Gasteiger partial charge in [0.25, 0.3) is 0 Å². The molecule has 35 heavy (non-hydrogen) atoms. The van der Waals surface area contributed by atoms with Crippen LogP contribution in [0.25, 0.3) is 0 Å². The van der Waals surface area contributed by atoms with Crippen molar-refractivity contribution < 1.29 is 14.3 Å². The van der Waals surface area contributed by atoms with Gasteiger partial charge in [0.1, 0.15) is 11.6 Å². The summed E-state index contributed by atoms with van der Waals surface area (Å²) in [6.45, 7) is 5.45. The molecule has 3 aliphatic rings. The van der Waals surface area contributed by atoms with Gasteiger partial charge in [-0.3, -0.25) is 14.1 Å². The number of hydrogen-bond acceptors (Lipinski definition) is 5. The summed E-state index contributed by atoms with van der Waals surface area (Å²) in [5.74, 6) is 0.376. The van der Waals surface area contributed by atoms with E-state index < -0.39 is 0 Å². The number of pyridine rings is 1. The normalized spacial score (nSPS) is 19.8. The molecule has 1 aliphatic carbocycles. The molecule has 5 rings (SSSR count). The summed E-state index contributed by atoms with van der Waals surface area (Å²) in [7, 11) is 0. The first-order chi connectivity index (χ1) is 16.8. The molecular weight excluding hydrogens is 529 g/mol. The Balaban J connectivity index is 0.000000369. The van der Waals surface area contributed by atoms with Crippen molar-refractivity contribution >= 4 is 34.7 Å². The van der Waals surface area contributed by atoms with Crippen LogP contribution in [0.4, 0.5) is 4.39 Å². The van der Waals surface area contributed by atoms with Crippen LogP contribution in [0.2, 0.25) is 0 Å². The predicted octanol–water partition coefficient (Wildman–Crippen LogP) is 5.35. The maximum absolute atomic E-state index is 13.9. The molecule has 8 heteroatoms. The first-order valence-electron chi connectivity index (χ1n) is 12.0. The Morgan fingerprint density at radius 2 is 1.74 bits per heavy atom.